The predicted octanol–water partition coefficient (Wildman–Crippen LogP) is 33.3. The zero-order valence-corrected chi connectivity index (χ0v) is 74.5. The molecule has 29 aromatic rings. The van der Waals surface area contributed by atoms with Gasteiger partial charge in [-0.1, -0.05) is 275 Å². The lowest BCUT2D eigenvalue weighted by atomic mass is 9.85. The Morgan fingerprint density at radius 2 is 0.496 bits per heavy atom. The van der Waals surface area contributed by atoms with Gasteiger partial charge < -0.3 is 0 Å². The number of para-hydroxylation sites is 3. The van der Waals surface area contributed by atoms with E-state index in [2.05, 4.69) is 410 Å². The number of aromatic nitrogens is 9. The van der Waals surface area contributed by atoms with E-state index in [0.717, 1.165) is 127 Å². The average Bonchev–Trinajstić information content (AvgIpc) is 1.74. The second-order valence-electron chi connectivity index (χ2n) is 34.7. The molecule has 0 fully saturated rings. The molecule has 0 spiro atoms. The van der Waals surface area contributed by atoms with Crippen LogP contribution in [0, 0.1) is 0 Å². The molecule has 0 saturated heterocycles. The molecule has 11 heterocycles. The number of hydrogen-bond donors (Lipinski definition) is 0. The van der Waals surface area contributed by atoms with Gasteiger partial charge in [-0.2, -0.15) is 0 Å². The molecule has 1 aliphatic carbocycles. The van der Waals surface area contributed by atoms with E-state index in [-0.39, 0.29) is 5.41 Å². The molecule has 612 valence electrons. The van der Waals surface area contributed by atoms with Crippen molar-refractivity contribution in [1.82, 2.24) is 43.6 Å². The van der Waals surface area contributed by atoms with Gasteiger partial charge in [-0.3, -0.25) is 13.7 Å². The lowest BCUT2D eigenvalue weighted by molar-refractivity contribution is 0.633. The van der Waals surface area contributed by atoms with Crippen LogP contribution >= 0.6 is 56.7 Å². The Hall–Kier alpha value is -15.5. The largest absolute Gasteiger partial charge is 0.292 e. The molecule has 9 nitrogen and oxygen atoms in total. The van der Waals surface area contributed by atoms with Crippen LogP contribution < -0.4 is 0 Å². The third-order valence-electron chi connectivity index (χ3n) is 26.9. The number of hydrogen-bond acceptors (Lipinski definition) is 11. The van der Waals surface area contributed by atoms with Crippen LogP contribution in [0.5, 0.6) is 0 Å². The number of thiophene rings is 5. The summed E-state index contributed by atoms with van der Waals surface area (Å²) in [5.74, 6) is 2.59. The fraction of sp³-hybridized carbons (Fsp3) is 0.0256. The molecule has 30 rings (SSSR count). The Balaban J connectivity index is 0.0000000986. The Labute approximate surface area is 768 Å². The van der Waals surface area contributed by atoms with E-state index in [9.17, 15) is 0 Å². The molecule has 0 aliphatic heterocycles. The molecule has 0 radical (unpaired) electrons. The van der Waals surface area contributed by atoms with Gasteiger partial charge >= 0.3 is 0 Å². The van der Waals surface area contributed by atoms with E-state index in [0.29, 0.717) is 0 Å². The van der Waals surface area contributed by atoms with E-state index in [4.69, 9.17) is 29.9 Å². The molecule has 11 aromatic heterocycles. The van der Waals surface area contributed by atoms with Gasteiger partial charge in [-0.25, -0.2) is 29.9 Å². The van der Waals surface area contributed by atoms with Gasteiger partial charge in [0.2, 0.25) is 0 Å². The summed E-state index contributed by atoms with van der Waals surface area (Å²) in [6.45, 7) is 4.55. The Morgan fingerprint density at radius 1 is 0.206 bits per heavy atom. The first-order valence-electron chi connectivity index (χ1n) is 44.1. The SMILES string of the molecule is CC1(C)c2ccccc2-c2nc(-c3ccc4sc5ccccc5c4c3)c(-n3c4ccccc4c4cc5ccccc5cc43)nc21.c1ccc2cc3c(cc2c1)c1ccccc1n3-c1nc2sc3ccccc3c2nc1-c1ccc2sc3ccccc3c2c1.c1ccc2cc3c(cc2c1)c1ccccc1n3-c1nc2sc3ccccc3c2nc1-c1ccc2sc3ccccc3c2c1. The van der Waals surface area contributed by atoms with Gasteiger partial charge in [0.05, 0.1) is 44.5 Å². The van der Waals surface area contributed by atoms with E-state index < -0.39 is 0 Å². The minimum absolute atomic E-state index is 0.273. The summed E-state index contributed by atoms with van der Waals surface area (Å²) in [6, 6.07) is 138. The molecule has 0 amide bonds. The lowest BCUT2D eigenvalue weighted by Crippen LogP contribution is -2.18. The van der Waals surface area contributed by atoms with Crippen LogP contribution in [0.15, 0.2) is 382 Å². The summed E-state index contributed by atoms with van der Waals surface area (Å²) in [7, 11) is 0. The highest BCUT2D eigenvalue weighted by Gasteiger charge is 2.40. The highest BCUT2D eigenvalue weighted by molar-refractivity contribution is 7.27. The van der Waals surface area contributed by atoms with Crippen molar-refractivity contribution in [3.05, 3.63) is 393 Å². The van der Waals surface area contributed by atoms with Crippen molar-refractivity contribution >= 4 is 256 Å². The first kappa shape index (κ1) is 74.6. The summed E-state index contributed by atoms with van der Waals surface area (Å²) in [5, 5.41) is 24.6. The zero-order chi connectivity index (χ0) is 86.0. The maximum absolute atomic E-state index is 5.65. The molecule has 0 saturated carbocycles. The monoisotopic (exact) mass is 1760 g/mol. The van der Waals surface area contributed by atoms with Gasteiger partial charge in [-0.05, 0) is 159 Å². The van der Waals surface area contributed by atoms with E-state index >= 15 is 0 Å². The van der Waals surface area contributed by atoms with Crippen LogP contribution in [0.3, 0.4) is 0 Å². The van der Waals surface area contributed by atoms with Gasteiger partial charge in [0.15, 0.2) is 17.5 Å². The Bertz CT molecular complexity index is 9600. The van der Waals surface area contributed by atoms with Crippen molar-refractivity contribution in [3.63, 3.8) is 0 Å². The number of fused-ring (bicyclic) bond motifs is 30. The van der Waals surface area contributed by atoms with Crippen LogP contribution in [0.4, 0.5) is 0 Å². The average molecular weight is 1760 g/mol. The predicted molar refractivity (Wildman–Crippen MR) is 560 cm³/mol. The van der Waals surface area contributed by atoms with Gasteiger partial charge in [0.1, 0.15) is 37.8 Å². The standard InChI is InChI=1S/C41H27N3S.2C38H21N3S2/c1-41(2)32-16-8-5-15-29(32)38-39(41)43-40(37(42-38)26-19-20-36-31(22-26)28-14-7-10-18-35(28)45-36)44-33-17-9-6-13-27(33)30-21-24-11-3-4-12-25(24)23-34(30)44;2*1-2-10-23-21-31-28(19-22(23)9-1)25-11-3-6-14-30(25)41(31)37-35(39-36-27-13-5-8-16-33(27)43-38(36)40-37)24-17-18-34-29(20-24)26-12-4-7-15-32(26)42-34/h3-23H,1-2H3;2*1-21H. The molecule has 0 unspecified atom stereocenters. The Kier molecular flexibility index (Phi) is 16.4. The maximum Gasteiger partial charge on any atom is 0.166 e. The molecule has 0 atom stereocenters. The van der Waals surface area contributed by atoms with Crippen molar-refractivity contribution in [2.75, 3.05) is 0 Å². The van der Waals surface area contributed by atoms with Gasteiger partial charge in [0.25, 0.3) is 0 Å². The quantitative estimate of drug-likeness (QED) is 0.165. The summed E-state index contributed by atoms with van der Waals surface area (Å²) < 4.78 is 17.2. The highest BCUT2D eigenvalue weighted by Crippen LogP contribution is 2.52. The van der Waals surface area contributed by atoms with Crippen LogP contribution in [0.25, 0.3) is 262 Å². The first-order valence-corrected chi connectivity index (χ1v) is 48.2. The second kappa shape index (κ2) is 28.7. The van der Waals surface area contributed by atoms with E-state index in [1.807, 2.05) is 34.0 Å². The summed E-state index contributed by atoms with van der Waals surface area (Å²) in [6.07, 6.45) is 0. The number of benzene rings is 18. The molecule has 18 aromatic carbocycles. The van der Waals surface area contributed by atoms with E-state index in [1.165, 1.54) is 146 Å². The third-order valence-corrected chi connectivity index (χ3v) is 32.5. The first-order chi connectivity index (χ1) is 64.7. The molecular weight excluding hydrogens is 1690 g/mol. The molecule has 1 aliphatic rings. The number of nitrogens with zero attached hydrogens (tertiary/aromatic N) is 9. The van der Waals surface area contributed by atoms with E-state index in [1.54, 1.807) is 22.7 Å². The van der Waals surface area contributed by atoms with Crippen molar-refractivity contribution in [1.29, 1.82) is 0 Å². The second-order valence-corrected chi connectivity index (χ2v) is 40.0. The molecule has 0 N–H and O–H groups in total. The fourth-order valence-corrected chi connectivity index (χ4v) is 26.0. The minimum Gasteiger partial charge on any atom is -0.292 e. The van der Waals surface area contributed by atoms with Crippen molar-refractivity contribution in [2.45, 2.75) is 19.3 Å². The normalized spacial score (nSPS) is 12.7. The Morgan fingerprint density at radius 3 is 0.878 bits per heavy atom. The topological polar surface area (TPSA) is 92.1 Å². The molecule has 14 heteroatoms. The smallest absolute Gasteiger partial charge is 0.166 e. The lowest BCUT2D eigenvalue weighted by Gasteiger charge is -2.21. The van der Waals surface area contributed by atoms with Crippen LogP contribution in [0.2, 0.25) is 0 Å². The minimum atomic E-state index is -0.273. The molecule has 0 bridgehead atoms. The van der Waals surface area contributed by atoms with Crippen LogP contribution in [-0.2, 0) is 5.41 Å². The van der Waals surface area contributed by atoms with Gasteiger partial charge in [0, 0.05) is 141 Å². The summed E-state index contributed by atoms with van der Waals surface area (Å²) in [4.78, 5) is 35.0. The zero-order valence-electron chi connectivity index (χ0n) is 70.4. The van der Waals surface area contributed by atoms with Crippen molar-refractivity contribution < 1.29 is 0 Å². The fourth-order valence-electron chi connectivity index (χ4n) is 20.8. The number of rotatable bonds is 6. The maximum atomic E-state index is 5.65. The van der Waals surface area contributed by atoms with Gasteiger partial charge in [-0.15, -0.1) is 56.7 Å². The third kappa shape index (κ3) is 11.5. The van der Waals surface area contributed by atoms with Crippen LogP contribution in [0.1, 0.15) is 25.1 Å². The molecule has 131 heavy (non-hydrogen) atoms. The van der Waals surface area contributed by atoms with Crippen molar-refractivity contribution in [2.24, 2.45) is 0 Å². The van der Waals surface area contributed by atoms with Crippen molar-refractivity contribution in [3.8, 4) is 62.5 Å². The van der Waals surface area contributed by atoms with Crippen LogP contribution in [-0.4, -0.2) is 43.6 Å². The summed E-state index contributed by atoms with van der Waals surface area (Å²) >= 11 is 8.94. The highest BCUT2D eigenvalue weighted by atomic mass is 32.1. The molecular formula is C117H69N9S5. The summed E-state index contributed by atoms with van der Waals surface area (Å²) in [5.41, 5.74) is 18.8.